The summed E-state index contributed by atoms with van der Waals surface area (Å²) in [6.45, 7) is 2.11. The van der Waals surface area contributed by atoms with E-state index < -0.39 is 5.91 Å². The Balaban J connectivity index is 1.84. The van der Waals surface area contributed by atoms with Crippen molar-refractivity contribution in [2.24, 2.45) is 0 Å². The molecule has 5 nitrogen and oxygen atoms in total. The van der Waals surface area contributed by atoms with Gasteiger partial charge in [-0.25, -0.2) is 0 Å². The highest BCUT2D eigenvalue weighted by molar-refractivity contribution is 14.1. The summed E-state index contributed by atoms with van der Waals surface area (Å²) in [5, 5.41) is 13.3. The molecule has 8 heteroatoms. The molecule has 0 saturated heterocycles. The maximum atomic E-state index is 12.6. The maximum Gasteiger partial charge on any atom is 0.266 e. The quantitative estimate of drug-likeness (QED) is 0.181. The number of anilines is 1. The van der Waals surface area contributed by atoms with Gasteiger partial charge in [0.25, 0.3) is 5.91 Å². The molecule has 3 aromatic carbocycles. The Morgan fingerprint density at radius 3 is 2.42 bits per heavy atom. The van der Waals surface area contributed by atoms with E-state index in [1.165, 1.54) is 13.2 Å². The molecular weight excluding hydrogens is 574 g/mol. The van der Waals surface area contributed by atoms with Gasteiger partial charge in [0.2, 0.25) is 0 Å². The van der Waals surface area contributed by atoms with Gasteiger partial charge < -0.3 is 14.8 Å². The number of rotatable bonds is 7. The van der Waals surface area contributed by atoms with Gasteiger partial charge in [-0.3, -0.25) is 4.79 Å². The van der Waals surface area contributed by atoms with E-state index in [2.05, 4.69) is 27.9 Å². The van der Waals surface area contributed by atoms with Gasteiger partial charge in [0, 0.05) is 21.3 Å². The molecule has 0 aliphatic rings. The fourth-order valence-electron chi connectivity index (χ4n) is 2.93. The Kier molecular flexibility index (Phi) is 8.61. The van der Waals surface area contributed by atoms with Crippen molar-refractivity contribution in [3.05, 3.63) is 90.5 Å². The van der Waals surface area contributed by atoms with Crippen LogP contribution in [0.2, 0.25) is 10.0 Å². The third-order valence-corrected chi connectivity index (χ3v) is 6.17. The SMILES string of the molecule is COc1cc(/C=C(/C#N)C(=O)Nc2ccc(C)cc2)cc(I)c1OCc1c(Cl)cccc1Cl. The summed E-state index contributed by atoms with van der Waals surface area (Å²) in [5.74, 6) is 0.463. The molecule has 0 heterocycles. The lowest BCUT2D eigenvalue weighted by Crippen LogP contribution is -2.13. The van der Waals surface area contributed by atoms with Crippen molar-refractivity contribution in [3.8, 4) is 17.6 Å². The van der Waals surface area contributed by atoms with Crippen LogP contribution in [0.15, 0.2) is 60.2 Å². The van der Waals surface area contributed by atoms with E-state index in [1.807, 2.05) is 25.1 Å². The number of hydrogen-bond acceptors (Lipinski definition) is 4. The molecule has 168 valence electrons. The van der Waals surface area contributed by atoms with E-state index in [9.17, 15) is 10.1 Å². The Bertz CT molecular complexity index is 1230. The third kappa shape index (κ3) is 6.41. The Hall–Kier alpha value is -2.73. The van der Waals surface area contributed by atoms with Gasteiger partial charge in [-0.15, -0.1) is 0 Å². The molecule has 3 aromatic rings. The van der Waals surface area contributed by atoms with E-state index in [1.54, 1.807) is 42.5 Å². The number of carbonyl (C=O) groups excluding carboxylic acids is 1. The molecule has 0 unspecified atom stereocenters. The summed E-state index contributed by atoms with van der Waals surface area (Å²) in [5.41, 5.74) is 2.94. The molecule has 0 radical (unpaired) electrons. The first-order valence-corrected chi connectivity index (χ1v) is 11.6. The van der Waals surface area contributed by atoms with Crippen molar-refractivity contribution in [2.45, 2.75) is 13.5 Å². The van der Waals surface area contributed by atoms with Crippen molar-refractivity contribution < 1.29 is 14.3 Å². The third-order valence-electron chi connectivity index (χ3n) is 4.66. The zero-order chi connectivity index (χ0) is 24.0. The minimum atomic E-state index is -0.496. The molecular formula is C25H19Cl2IN2O3. The van der Waals surface area contributed by atoms with Crippen LogP contribution in [-0.4, -0.2) is 13.0 Å². The fraction of sp³-hybridized carbons (Fsp3) is 0.120. The van der Waals surface area contributed by atoms with Crippen molar-refractivity contribution in [3.63, 3.8) is 0 Å². The molecule has 0 saturated carbocycles. The van der Waals surface area contributed by atoms with Crippen LogP contribution in [0, 0.1) is 21.8 Å². The first kappa shape index (κ1) is 24.9. The summed E-state index contributed by atoms with van der Waals surface area (Å²) in [4.78, 5) is 12.6. The average Bonchev–Trinajstić information content (AvgIpc) is 2.79. The Morgan fingerprint density at radius 2 is 1.82 bits per heavy atom. The van der Waals surface area contributed by atoms with E-state index in [0.717, 1.165) is 9.13 Å². The standard InChI is InChI=1S/C25H19Cl2IN2O3/c1-15-6-8-18(9-7-15)30-25(31)17(13-29)10-16-11-22(28)24(23(12-16)32-2)33-14-19-20(26)4-3-5-21(19)27/h3-12H,14H2,1-2H3,(H,30,31)/b17-10-. The number of nitrogens with zero attached hydrogens (tertiary/aromatic N) is 1. The van der Waals surface area contributed by atoms with Crippen molar-refractivity contribution in [1.29, 1.82) is 5.26 Å². The van der Waals surface area contributed by atoms with Crippen LogP contribution < -0.4 is 14.8 Å². The second kappa shape index (κ2) is 11.4. The molecule has 0 bridgehead atoms. The predicted molar refractivity (Wildman–Crippen MR) is 140 cm³/mol. The number of methoxy groups -OCH3 is 1. The highest BCUT2D eigenvalue weighted by Crippen LogP contribution is 2.36. The first-order chi connectivity index (χ1) is 15.8. The number of aryl methyl sites for hydroxylation is 1. The van der Waals surface area contributed by atoms with Crippen molar-refractivity contribution in [1.82, 2.24) is 0 Å². The number of nitriles is 1. The van der Waals surface area contributed by atoms with Gasteiger partial charge in [0.15, 0.2) is 11.5 Å². The van der Waals surface area contributed by atoms with E-state index in [4.69, 9.17) is 32.7 Å². The fourth-order valence-corrected chi connectivity index (χ4v) is 4.22. The molecule has 3 rings (SSSR count). The van der Waals surface area contributed by atoms with Crippen molar-refractivity contribution >= 4 is 63.5 Å². The van der Waals surface area contributed by atoms with Crippen LogP contribution in [0.3, 0.4) is 0 Å². The molecule has 0 fully saturated rings. The minimum absolute atomic E-state index is 0.0371. The predicted octanol–water partition coefficient (Wildman–Crippen LogP) is 7.04. The van der Waals surface area contributed by atoms with Gasteiger partial charge in [0.05, 0.1) is 10.7 Å². The molecule has 0 aromatic heterocycles. The molecule has 0 aliphatic carbocycles. The van der Waals surface area contributed by atoms with E-state index >= 15 is 0 Å². The van der Waals surface area contributed by atoms with Gasteiger partial charge in [-0.1, -0.05) is 47.0 Å². The summed E-state index contributed by atoms with van der Waals surface area (Å²) in [6.07, 6.45) is 1.50. The summed E-state index contributed by atoms with van der Waals surface area (Å²) >= 11 is 14.6. The van der Waals surface area contributed by atoms with Crippen LogP contribution >= 0.6 is 45.8 Å². The van der Waals surface area contributed by atoms with Gasteiger partial charge in [-0.2, -0.15) is 5.26 Å². The second-order valence-corrected chi connectivity index (χ2v) is 8.99. The second-order valence-electron chi connectivity index (χ2n) is 7.01. The lowest BCUT2D eigenvalue weighted by molar-refractivity contribution is -0.112. The number of ether oxygens (including phenoxy) is 2. The highest BCUT2D eigenvalue weighted by Gasteiger charge is 2.15. The molecule has 1 N–H and O–H groups in total. The number of halogens is 3. The molecule has 33 heavy (non-hydrogen) atoms. The summed E-state index contributed by atoms with van der Waals surface area (Å²) < 4.78 is 12.2. The monoisotopic (exact) mass is 592 g/mol. The molecule has 0 spiro atoms. The topological polar surface area (TPSA) is 71.3 Å². The van der Waals surface area contributed by atoms with E-state index in [-0.39, 0.29) is 12.2 Å². The smallest absolute Gasteiger partial charge is 0.266 e. The largest absolute Gasteiger partial charge is 0.493 e. The number of hydrogen-bond donors (Lipinski definition) is 1. The van der Waals surface area contributed by atoms with Crippen LogP contribution in [-0.2, 0) is 11.4 Å². The van der Waals surface area contributed by atoms with Crippen LogP contribution in [0.1, 0.15) is 16.7 Å². The first-order valence-electron chi connectivity index (χ1n) is 9.75. The highest BCUT2D eigenvalue weighted by atomic mass is 127. The lowest BCUT2D eigenvalue weighted by Gasteiger charge is -2.15. The van der Waals surface area contributed by atoms with Crippen LogP contribution in [0.25, 0.3) is 6.08 Å². The Morgan fingerprint density at radius 1 is 1.15 bits per heavy atom. The van der Waals surface area contributed by atoms with E-state index in [0.29, 0.717) is 38.4 Å². The number of carbonyl (C=O) groups is 1. The lowest BCUT2D eigenvalue weighted by atomic mass is 10.1. The molecule has 1 amide bonds. The molecule has 0 aliphatic heterocycles. The van der Waals surface area contributed by atoms with Gasteiger partial charge in [0.1, 0.15) is 18.2 Å². The zero-order valence-corrected chi connectivity index (χ0v) is 21.5. The number of benzene rings is 3. The Labute approximate surface area is 216 Å². The zero-order valence-electron chi connectivity index (χ0n) is 17.8. The van der Waals surface area contributed by atoms with Crippen LogP contribution in [0.5, 0.6) is 11.5 Å². The number of amides is 1. The average molecular weight is 593 g/mol. The number of nitrogens with one attached hydrogen (secondary N) is 1. The maximum absolute atomic E-state index is 12.6. The summed E-state index contributed by atoms with van der Waals surface area (Å²) in [6, 6.07) is 18.0. The minimum Gasteiger partial charge on any atom is -0.493 e. The molecule has 0 atom stereocenters. The van der Waals surface area contributed by atoms with Crippen LogP contribution in [0.4, 0.5) is 5.69 Å². The van der Waals surface area contributed by atoms with Gasteiger partial charge in [-0.05, 0) is 77.6 Å². The van der Waals surface area contributed by atoms with Crippen molar-refractivity contribution in [2.75, 3.05) is 12.4 Å². The van der Waals surface area contributed by atoms with Gasteiger partial charge >= 0.3 is 0 Å². The normalized spacial score (nSPS) is 11.0. The summed E-state index contributed by atoms with van der Waals surface area (Å²) in [7, 11) is 1.52.